The lowest BCUT2D eigenvalue weighted by Crippen LogP contribution is -2.12. The Hall–Kier alpha value is -0.850. The molecule has 0 heterocycles. The zero-order valence-corrected chi connectivity index (χ0v) is 8.55. The van der Waals surface area contributed by atoms with Crippen LogP contribution in [0.5, 0.6) is 0 Å². The molecular formula is C12H18O. The molecule has 1 heteroatoms. The molecule has 0 bridgehead atoms. The van der Waals surface area contributed by atoms with E-state index in [0.29, 0.717) is 11.8 Å². The molecule has 0 aliphatic heterocycles. The van der Waals surface area contributed by atoms with Crippen molar-refractivity contribution in [2.45, 2.75) is 39.5 Å². The van der Waals surface area contributed by atoms with Gasteiger partial charge in [-0.15, -0.1) is 0 Å². The van der Waals surface area contributed by atoms with Gasteiger partial charge in [-0.2, -0.15) is 0 Å². The second-order valence-corrected chi connectivity index (χ2v) is 4.37. The summed E-state index contributed by atoms with van der Waals surface area (Å²) in [5.74, 6) is 0. The van der Waals surface area contributed by atoms with E-state index in [1.165, 1.54) is 24.8 Å². The molecule has 0 N–H and O–H groups in total. The van der Waals surface area contributed by atoms with Crippen molar-refractivity contribution in [2.75, 3.05) is 0 Å². The summed E-state index contributed by atoms with van der Waals surface area (Å²) >= 11 is 0. The number of hydrogen-bond acceptors (Lipinski definition) is 1. The fraction of sp³-hybridized carbons (Fsp3) is 0.583. The van der Waals surface area contributed by atoms with E-state index in [4.69, 9.17) is 0 Å². The second kappa shape index (κ2) is 4.40. The van der Waals surface area contributed by atoms with Gasteiger partial charge < -0.3 is 4.79 Å². The first kappa shape index (κ1) is 10.2. The minimum atomic E-state index is 0.346. The fourth-order valence-corrected chi connectivity index (χ4v) is 1.80. The number of allylic oxidation sites excluding steroid dienone is 4. The summed E-state index contributed by atoms with van der Waals surface area (Å²) in [6.45, 7) is 4.53. The monoisotopic (exact) mass is 178 g/mol. The topological polar surface area (TPSA) is 17.1 Å². The molecule has 13 heavy (non-hydrogen) atoms. The van der Waals surface area contributed by atoms with Crippen LogP contribution < -0.4 is 0 Å². The highest BCUT2D eigenvalue weighted by Gasteiger charge is 2.18. The van der Waals surface area contributed by atoms with Crippen molar-refractivity contribution < 1.29 is 4.79 Å². The van der Waals surface area contributed by atoms with Crippen LogP contribution in [-0.2, 0) is 4.79 Å². The molecule has 1 nitrogen and oxygen atoms in total. The smallest absolute Gasteiger partial charge is 0.123 e. The molecule has 0 spiro atoms. The van der Waals surface area contributed by atoms with Gasteiger partial charge in [0.15, 0.2) is 0 Å². The van der Waals surface area contributed by atoms with Crippen LogP contribution >= 0.6 is 0 Å². The van der Waals surface area contributed by atoms with Gasteiger partial charge in [-0.3, -0.25) is 0 Å². The molecule has 72 valence electrons. The van der Waals surface area contributed by atoms with Crippen molar-refractivity contribution in [3.63, 3.8) is 0 Å². The van der Waals surface area contributed by atoms with E-state index in [1.807, 2.05) is 6.08 Å². The Morgan fingerprint density at radius 1 is 1.54 bits per heavy atom. The van der Waals surface area contributed by atoms with Gasteiger partial charge in [0.1, 0.15) is 6.29 Å². The van der Waals surface area contributed by atoms with E-state index < -0.39 is 0 Å². The van der Waals surface area contributed by atoms with E-state index in [0.717, 1.165) is 6.29 Å². The first-order chi connectivity index (χ1) is 6.14. The van der Waals surface area contributed by atoms with E-state index >= 15 is 0 Å². The number of carbonyl (C=O) groups excluding carboxylic acids is 1. The Balaban J connectivity index is 2.59. The average Bonchev–Trinajstić information content (AvgIpc) is 2.03. The van der Waals surface area contributed by atoms with Crippen molar-refractivity contribution in [2.24, 2.45) is 5.41 Å². The van der Waals surface area contributed by atoms with Crippen LogP contribution in [0, 0.1) is 5.41 Å². The summed E-state index contributed by atoms with van der Waals surface area (Å²) in [5, 5.41) is 0. The van der Waals surface area contributed by atoms with Crippen LogP contribution in [0.2, 0.25) is 0 Å². The maximum absolute atomic E-state index is 10.1. The summed E-state index contributed by atoms with van der Waals surface area (Å²) in [5.41, 5.74) is 1.73. The second-order valence-electron chi connectivity index (χ2n) is 4.37. The lowest BCUT2D eigenvalue weighted by Gasteiger charge is -2.26. The predicted octanol–water partition coefficient (Wildman–Crippen LogP) is 3.27. The highest BCUT2D eigenvalue weighted by molar-refractivity contribution is 5.52. The van der Waals surface area contributed by atoms with Gasteiger partial charge in [0.25, 0.3) is 0 Å². The minimum absolute atomic E-state index is 0.346. The van der Waals surface area contributed by atoms with E-state index in [1.54, 1.807) is 0 Å². The van der Waals surface area contributed by atoms with Crippen molar-refractivity contribution in [1.82, 2.24) is 0 Å². The molecular weight excluding hydrogens is 160 g/mol. The molecule has 0 saturated carbocycles. The lowest BCUT2D eigenvalue weighted by atomic mass is 9.79. The van der Waals surface area contributed by atoms with Gasteiger partial charge in [-0.25, -0.2) is 0 Å². The van der Waals surface area contributed by atoms with E-state index in [2.05, 4.69) is 26.0 Å². The van der Waals surface area contributed by atoms with Gasteiger partial charge in [-0.1, -0.05) is 37.6 Å². The number of aldehydes is 1. The molecule has 0 aromatic rings. The standard InChI is InChI=1S/C12H18O/c1-12(2)8-5-7-11(10-12)6-3-4-9-13/h3,6,9-10H,4-5,7-8H2,1-2H3. The van der Waals surface area contributed by atoms with Crippen LogP contribution in [0.15, 0.2) is 23.8 Å². The molecule has 1 rings (SSSR count). The average molecular weight is 178 g/mol. The third-order valence-corrected chi connectivity index (χ3v) is 2.43. The first-order valence-electron chi connectivity index (χ1n) is 4.96. The normalized spacial score (nSPS) is 21.5. The maximum Gasteiger partial charge on any atom is 0.123 e. The molecule has 0 radical (unpaired) electrons. The molecule has 1 aliphatic rings. The van der Waals surface area contributed by atoms with Gasteiger partial charge in [0.2, 0.25) is 0 Å². The Morgan fingerprint density at radius 3 is 2.92 bits per heavy atom. The van der Waals surface area contributed by atoms with E-state index in [9.17, 15) is 4.79 Å². The van der Waals surface area contributed by atoms with Crippen molar-refractivity contribution in [3.8, 4) is 0 Å². The molecule has 0 aromatic heterocycles. The number of rotatable bonds is 3. The summed E-state index contributed by atoms with van der Waals surface area (Å²) in [6, 6.07) is 0. The maximum atomic E-state index is 10.1. The first-order valence-corrected chi connectivity index (χ1v) is 4.96. The summed E-state index contributed by atoms with van der Waals surface area (Å²) in [7, 11) is 0. The van der Waals surface area contributed by atoms with Crippen LogP contribution in [0.4, 0.5) is 0 Å². The Bertz CT molecular complexity index is 234. The molecule has 0 saturated heterocycles. The zero-order chi connectivity index (χ0) is 9.73. The summed E-state index contributed by atoms with van der Waals surface area (Å²) in [4.78, 5) is 10.1. The molecule has 1 aliphatic carbocycles. The third kappa shape index (κ3) is 3.58. The van der Waals surface area contributed by atoms with Crippen LogP contribution in [0.25, 0.3) is 0 Å². The highest BCUT2D eigenvalue weighted by Crippen LogP contribution is 2.33. The van der Waals surface area contributed by atoms with Gasteiger partial charge in [-0.05, 0) is 24.7 Å². The SMILES string of the molecule is CC1(C)C=C(C=CCC=O)CCC1. The quantitative estimate of drug-likeness (QED) is 0.606. The molecule has 0 fully saturated rings. The third-order valence-electron chi connectivity index (χ3n) is 2.43. The largest absolute Gasteiger partial charge is 0.303 e. The summed E-state index contributed by atoms with van der Waals surface area (Å²) < 4.78 is 0. The fourth-order valence-electron chi connectivity index (χ4n) is 1.80. The Labute approximate surface area is 80.5 Å². The molecule has 0 unspecified atom stereocenters. The van der Waals surface area contributed by atoms with Crippen molar-refractivity contribution >= 4 is 6.29 Å². The molecule has 0 atom stereocenters. The minimum Gasteiger partial charge on any atom is -0.303 e. The number of hydrogen-bond donors (Lipinski definition) is 0. The summed E-state index contributed by atoms with van der Waals surface area (Å²) in [6.07, 6.45) is 11.6. The van der Waals surface area contributed by atoms with E-state index in [-0.39, 0.29) is 0 Å². The van der Waals surface area contributed by atoms with Crippen LogP contribution in [0.1, 0.15) is 39.5 Å². The Morgan fingerprint density at radius 2 is 2.31 bits per heavy atom. The van der Waals surface area contributed by atoms with Gasteiger partial charge in [0.05, 0.1) is 0 Å². The van der Waals surface area contributed by atoms with Gasteiger partial charge >= 0.3 is 0 Å². The lowest BCUT2D eigenvalue weighted by molar-refractivity contribution is -0.107. The van der Waals surface area contributed by atoms with Crippen molar-refractivity contribution in [3.05, 3.63) is 23.8 Å². The van der Waals surface area contributed by atoms with Gasteiger partial charge in [0, 0.05) is 6.42 Å². The van der Waals surface area contributed by atoms with Crippen LogP contribution in [0.3, 0.4) is 0 Å². The highest BCUT2D eigenvalue weighted by atomic mass is 16.1. The molecule has 0 amide bonds. The molecule has 0 aromatic carbocycles. The van der Waals surface area contributed by atoms with Crippen LogP contribution in [-0.4, -0.2) is 6.29 Å². The predicted molar refractivity (Wildman–Crippen MR) is 55.5 cm³/mol. The van der Waals surface area contributed by atoms with Crippen molar-refractivity contribution in [1.29, 1.82) is 0 Å². The Kier molecular flexibility index (Phi) is 3.47. The number of carbonyl (C=O) groups is 1. The zero-order valence-electron chi connectivity index (χ0n) is 8.55.